The molecule has 0 aliphatic carbocycles. The van der Waals surface area contributed by atoms with E-state index in [0.29, 0.717) is 23.2 Å². The number of aromatic nitrogens is 2. The van der Waals surface area contributed by atoms with Crippen LogP contribution in [0, 0.1) is 6.92 Å². The summed E-state index contributed by atoms with van der Waals surface area (Å²) in [5, 5.41) is 15.5. The second-order valence-corrected chi connectivity index (χ2v) is 6.52. The van der Waals surface area contributed by atoms with E-state index in [9.17, 15) is 4.79 Å². The zero-order valence-electron chi connectivity index (χ0n) is 15.9. The summed E-state index contributed by atoms with van der Waals surface area (Å²) in [4.78, 5) is 20.1. The van der Waals surface area contributed by atoms with Crippen LogP contribution in [0.25, 0.3) is 0 Å². The van der Waals surface area contributed by atoms with Gasteiger partial charge < -0.3 is 20.5 Å². The number of carboxylic acids is 1. The molecule has 3 N–H and O–H groups in total. The Labute approximate surface area is 163 Å². The molecule has 0 fully saturated rings. The summed E-state index contributed by atoms with van der Waals surface area (Å²) in [6.45, 7) is 5.79. The topological polar surface area (TPSA) is 96.4 Å². The second-order valence-electron chi connectivity index (χ2n) is 6.52. The lowest BCUT2D eigenvalue weighted by atomic mass is 10.2. The van der Waals surface area contributed by atoms with Gasteiger partial charge in [-0.05, 0) is 51.1 Å². The minimum Gasteiger partial charge on any atom is -0.489 e. The van der Waals surface area contributed by atoms with Crippen LogP contribution in [0.15, 0.2) is 54.6 Å². The molecule has 7 nitrogen and oxygen atoms in total. The molecule has 2 aromatic carbocycles. The number of nitrogens with one attached hydrogen (secondary N) is 2. The lowest BCUT2D eigenvalue weighted by molar-refractivity contribution is 0.0697. The molecule has 7 heteroatoms. The number of carbonyl (C=O) groups is 1. The van der Waals surface area contributed by atoms with Crippen molar-refractivity contribution in [2.75, 3.05) is 10.6 Å². The van der Waals surface area contributed by atoms with Crippen molar-refractivity contribution in [2.24, 2.45) is 0 Å². The van der Waals surface area contributed by atoms with Gasteiger partial charge in [-0.15, -0.1) is 0 Å². The standard InChI is InChI=1S/C21H22N4O3/c1-13(2)28-18-10-5-4-9-17(18)24-21-22-14(3)11-19(25-21)23-16-8-6-7-15(12-16)20(26)27/h4-13H,1-3H3,(H,26,27)(H2,22,23,24,25). The van der Waals surface area contributed by atoms with Crippen molar-refractivity contribution in [3.05, 3.63) is 65.9 Å². The first-order valence-electron chi connectivity index (χ1n) is 8.89. The van der Waals surface area contributed by atoms with E-state index in [1.807, 2.05) is 45.0 Å². The van der Waals surface area contributed by atoms with Crippen molar-refractivity contribution in [3.63, 3.8) is 0 Å². The number of hydrogen-bond donors (Lipinski definition) is 3. The van der Waals surface area contributed by atoms with Gasteiger partial charge in [0.05, 0.1) is 17.4 Å². The van der Waals surface area contributed by atoms with Gasteiger partial charge in [0.25, 0.3) is 0 Å². The van der Waals surface area contributed by atoms with Crippen LogP contribution in [0.4, 0.5) is 23.1 Å². The van der Waals surface area contributed by atoms with E-state index in [1.165, 1.54) is 6.07 Å². The van der Waals surface area contributed by atoms with E-state index >= 15 is 0 Å². The van der Waals surface area contributed by atoms with Gasteiger partial charge in [-0.25, -0.2) is 9.78 Å². The highest BCUT2D eigenvalue weighted by molar-refractivity contribution is 5.89. The highest BCUT2D eigenvalue weighted by atomic mass is 16.5. The van der Waals surface area contributed by atoms with Gasteiger partial charge in [-0.1, -0.05) is 18.2 Å². The maximum absolute atomic E-state index is 11.1. The second kappa shape index (κ2) is 8.39. The minimum absolute atomic E-state index is 0.0418. The molecule has 0 unspecified atom stereocenters. The Balaban J connectivity index is 1.85. The molecule has 1 aromatic heterocycles. The molecule has 3 aromatic rings. The molecule has 0 atom stereocenters. The average molecular weight is 378 g/mol. The Bertz CT molecular complexity index is 989. The molecule has 0 spiro atoms. The largest absolute Gasteiger partial charge is 0.489 e. The molecule has 0 aliphatic heterocycles. The third-order valence-electron chi connectivity index (χ3n) is 3.73. The van der Waals surface area contributed by atoms with Crippen molar-refractivity contribution in [1.82, 2.24) is 9.97 Å². The Morgan fingerprint density at radius 1 is 1.04 bits per heavy atom. The monoisotopic (exact) mass is 378 g/mol. The summed E-state index contributed by atoms with van der Waals surface area (Å²) in [5.74, 6) is 0.703. The summed E-state index contributed by atoms with van der Waals surface area (Å²) in [5.41, 5.74) is 2.36. The lowest BCUT2D eigenvalue weighted by Gasteiger charge is -2.15. The zero-order valence-corrected chi connectivity index (χ0v) is 15.9. The summed E-state index contributed by atoms with van der Waals surface area (Å²) >= 11 is 0. The fourth-order valence-corrected chi connectivity index (χ4v) is 2.61. The number of rotatable bonds is 7. The number of hydrogen-bond acceptors (Lipinski definition) is 6. The summed E-state index contributed by atoms with van der Waals surface area (Å²) in [7, 11) is 0. The minimum atomic E-state index is -0.980. The molecular weight excluding hydrogens is 356 g/mol. The number of para-hydroxylation sites is 2. The Kier molecular flexibility index (Phi) is 5.74. The maximum Gasteiger partial charge on any atom is 0.335 e. The van der Waals surface area contributed by atoms with E-state index in [2.05, 4.69) is 20.6 Å². The molecule has 0 amide bonds. The Hall–Kier alpha value is -3.61. The molecule has 0 aliphatic rings. The van der Waals surface area contributed by atoms with Gasteiger partial charge in [-0.2, -0.15) is 4.98 Å². The predicted molar refractivity (Wildman–Crippen MR) is 109 cm³/mol. The van der Waals surface area contributed by atoms with Crippen molar-refractivity contribution < 1.29 is 14.6 Å². The van der Waals surface area contributed by atoms with Gasteiger partial charge in [0.1, 0.15) is 11.6 Å². The van der Waals surface area contributed by atoms with Crippen LogP contribution < -0.4 is 15.4 Å². The fourth-order valence-electron chi connectivity index (χ4n) is 2.61. The van der Waals surface area contributed by atoms with Crippen LogP contribution in [-0.2, 0) is 0 Å². The quantitative estimate of drug-likeness (QED) is 0.545. The molecule has 3 rings (SSSR count). The van der Waals surface area contributed by atoms with Crippen LogP contribution in [0.5, 0.6) is 5.75 Å². The molecule has 0 saturated heterocycles. The number of benzene rings is 2. The normalized spacial score (nSPS) is 10.6. The third-order valence-corrected chi connectivity index (χ3v) is 3.73. The summed E-state index contributed by atoms with van der Waals surface area (Å²) in [6, 6.07) is 15.9. The highest BCUT2D eigenvalue weighted by Gasteiger charge is 2.09. The van der Waals surface area contributed by atoms with Gasteiger partial charge in [0, 0.05) is 17.4 Å². The summed E-state index contributed by atoms with van der Waals surface area (Å²) < 4.78 is 5.82. The van der Waals surface area contributed by atoms with E-state index in [1.54, 1.807) is 24.3 Å². The number of carboxylic acid groups (broad SMARTS) is 1. The molecule has 0 bridgehead atoms. The van der Waals surface area contributed by atoms with Crippen molar-refractivity contribution >= 4 is 29.1 Å². The van der Waals surface area contributed by atoms with E-state index in [-0.39, 0.29) is 11.7 Å². The molecule has 0 radical (unpaired) electrons. The fraction of sp³-hybridized carbons (Fsp3) is 0.190. The van der Waals surface area contributed by atoms with Crippen LogP contribution in [0.1, 0.15) is 29.9 Å². The number of ether oxygens (including phenoxy) is 1. The van der Waals surface area contributed by atoms with E-state index in [4.69, 9.17) is 9.84 Å². The first-order chi connectivity index (χ1) is 13.4. The lowest BCUT2D eigenvalue weighted by Crippen LogP contribution is -2.08. The number of nitrogens with zero attached hydrogens (tertiary/aromatic N) is 2. The van der Waals surface area contributed by atoms with Crippen LogP contribution in [0.3, 0.4) is 0 Å². The number of anilines is 4. The first-order valence-corrected chi connectivity index (χ1v) is 8.89. The van der Waals surface area contributed by atoms with Crippen LogP contribution >= 0.6 is 0 Å². The van der Waals surface area contributed by atoms with Gasteiger partial charge in [-0.3, -0.25) is 0 Å². The maximum atomic E-state index is 11.1. The van der Waals surface area contributed by atoms with Crippen molar-refractivity contribution in [2.45, 2.75) is 26.9 Å². The Morgan fingerprint density at radius 3 is 2.57 bits per heavy atom. The van der Waals surface area contributed by atoms with E-state index in [0.717, 1.165) is 11.4 Å². The molecule has 28 heavy (non-hydrogen) atoms. The van der Waals surface area contributed by atoms with Crippen LogP contribution in [-0.4, -0.2) is 27.1 Å². The van der Waals surface area contributed by atoms with Crippen molar-refractivity contribution in [3.8, 4) is 5.75 Å². The number of aromatic carboxylic acids is 1. The van der Waals surface area contributed by atoms with Gasteiger partial charge in [0.15, 0.2) is 0 Å². The predicted octanol–water partition coefficient (Wildman–Crippen LogP) is 4.76. The zero-order chi connectivity index (χ0) is 20.1. The van der Waals surface area contributed by atoms with Gasteiger partial charge in [0.2, 0.25) is 5.95 Å². The third kappa shape index (κ3) is 4.97. The van der Waals surface area contributed by atoms with Gasteiger partial charge >= 0.3 is 5.97 Å². The molecule has 1 heterocycles. The molecule has 0 saturated carbocycles. The van der Waals surface area contributed by atoms with E-state index < -0.39 is 5.97 Å². The van der Waals surface area contributed by atoms with Crippen molar-refractivity contribution in [1.29, 1.82) is 0 Å². The average Bonchev–Trinajstić information content (AvgIpc) is 2.62. The Morgan fingerprint density at radius 2 is 1.82 bits per heavy atom. The SMILES string of the molecule is Cc1cc(Nc2cccc(C(=O)O)c2)nc(Nc2ccccc2OC(C)C)n1. The summed E-state index contributed by atoms with van der Waals surface area (Å²) in [6.07, 6.45) is 0.0418. The number of aryl methyl sites for hydroxylation is 1. The smallest absolute Gasteiger partial charge is 0.335 e. The van der Waals surface area contributed by atoms with Crippen LogP contribution in [0.2, 0.25) is 0 Å². The first kappa shape index (κ1) is 19.2. The molecule has 144 valence electrons. The highest BCUT2D eigenvalue weighted by Crippen LogP contribution is 2.28. The molecular formula is C21H22N4O3.